The molecule has 2 aromatic carbocycles. The minimum absolute atomic E-state index is 0.302. The molecule has 25 heavy (non-hydrogen) atoms. The third-order valence-electron chi connectivity index (χ3n) is 3.90. The van der Waals surface area contributed by atoms with Gasteiger partial charge in [-0.1, -0.05) is 54.5 Å². The monoisotopic (exact) mass is 334 g/mol. The number of rotatable bonds is 6. The standard InChI is InChI=1S/C19H18N4O2/c1-2-8-16-21-18(23-25-16)17(13-9-4-3-5-10-13)22-19-20-14-11-6-7-12-15(14)24-19/h3-7,9-12,17H,2,8H2,1H3,(H,20,22). The van der Waals surface area contributed by atoms with Crippen LogP contribution < -0.4 is 5.32 Å². The molecule has 4 aromatic rings. The van der Waals surface area contributed by atoms with Gasteiger partial charge < -0.3 is 14.3 Å². The first-order valence-electron chi connectivity index (χ1n) is 8.33. The van der Waals surface area contributed by atoms with Crippen molar-refractivity contribution in [2.75, 3.05) is 5.32 Å². The van der Waals surface area contributed by atoms with Crippen molar-refractivity contribution in [3.05, 3.63) is 71.9 Å². The van der Waals surface area contributed by atoms with E-state index in [9.17, 15) is 0 Å². The van der Waals surface area contributed by atoms with Crippen molar-refractivity contribution in [3.63, 3.8) is 0 Å². The lowest BCUT2D eigenvalue weighted by Gasteiger charge is -2.14. The lowest BCUT2D eigenvalue weighted by atomic mass is 10.1. The average Bonchev–Trinajstić information content (AvgIpc) is 3.27. The van der Waals surface area contributed by atoms with Crippen LogP contribution in [0.15, 0.2) is 63.5 Å². The lowest BCUT2D eigenvalue weighted by molar-refractivity contribution is 0.371. The van der Waals surface area contributed by atoms with Crippen molar-refractivity contribution in [1.29, 1.82) is 0 Å². The molecule has 4 rings (SSSR count). The number of aromatic nitrogens is 3. The number of aryl methyl sites for hydroxylation is 1. The van der Waals surface area contributed by atoms with E-state index in [4.69, 9.17) is 8.94 Å². The van der Waals surface area contributed by atoms with Gasteiger partial charge in [-0.15, -0.1) is 0 Å². The van der Waals surface area contributed by atoms with E-state index in [0.29, 0.717) is 17.7 Å². The molecule has 126 valence electrons. The van der Waals surface area contributed by atoms with E-state index in [1.54, 1.807) is 0 Å². The number of fused-ring (bicyclic) bond motifs is 1. The normalized spacial score (nSPS) is 12.4. The number of anilines is 1. The molecule has 6 heteroatoms. The highest BCUT2D eigenvalue weighted by atomic mass is 16.5. The third-order valence-corrected chi connectivity index (χ3v) is 3.90. The molecule has 0 spiro atoms. The second-order valence-electron chi connectivity index (χ2n) is 5.77. The quantitative estimate of drug-likeness (QED) is 0.564. The smallest absolute Gasteiger partial charge is 0.296 e. The predicted molar refractivity (Wildman–Crippen MR) is 94.2 cm³/mol. The minimum atomic E-state index is -0.302. The molecule has 0 saturated heterocycles. The van der Waals surface area contributed by atoms with Gasteiger partial charge >= 0.3 is 0 Å². The van der Waals surface area contributed by atoms with Gasteiger partial charge in [-0.3, -0.25) is 0 Å². The molecule has 0 aliphatic carbocycles. The van der Waals surface area contributed by atoms with Crippen molar-refractivity contribution < 1.29 is 8.94 Å². The van der Waals surface area contributed by atoms with E-state index in [1.807, 2.05) is 54.6 Å². The summed E-state index contributed by atoms with van der Waals surface area (Å²) in [5.41, 5.74) is 2.54. The Bertz CT molecular complexity index is 929. The van der Waals surface area contributed by atoms with Crippen LogP contribution in [0.2, 0.25) is 0 Å². The molecule has 2 aromatic heterocycles. The van der Waals surface area contributed by atoms with Gasteiger partial charge in [0.1, 0.15) is 11.6 Å². The maximum atomic E-state index is 5.79. The van der Waals surface area contributed by atoms with Crippen LogP contribution in [0, 0.1) is 0 Å². The number of hydrogen-bond acceptors (Lipinski definition) is 6. The van der Waals surface area contributed by atoms with E-state index >= 15 is 0 Å². The molecule has 2 heterocycles. The Hall–Kier alpha value is -3.15. The summed E-state index contributed by atoms with van der Waals surface area (Å²) in [5.74, 6) is 1.20. The van der Waals surface area contributed by atoms with Crippen molar-refractivity contribution in [2.45, 2.75) is 25.8 Å². The summed E-state index contributed by atoms with van der Waals surface area (Å²) in [7, 11) is 0. The zero-order chi connectivity index (χ0) is 17.1. The maximum absolute atomic E-state index is 5.79. The van der Waals surface area contributed by atoms with Crippen LogP contribution in [0.1, 0.15) is 36.7 Å². The Morgan fingerprint density at radius 3 is 2.60 bits per heavy atom. The van der Waals surface area contributed by atoms with E-state index < -0.39 is 0 Å². The number of nitrogens with one attached hydrogen (secondary N) is 1. The average molecular weight is 334 g/mol. The molecule has 0 aliphatic rings. The first kappa shape index (κ1) is 15.4. The number of para-hydroxylation sites is 2. The van der Waals surface area contributed by atoms with Crippen LogP contribution in [0.5, 0.6) is 0 Å². The highest BCUT2D eigenvalue weighted by molar-refractivity contribution is 5.74. The molecule has 1 N–H and O–H groups in total. The van der Waals surface area contributed by atoms with E-state index in [-0.39, 0.29) is 6.04 Å². The first-order chi connectivity index (χ1) is 12.3. The van der Waals surface area contributed by atoms with E-state index in [0.717, 1.165) is 29.5 Å². The van der Waals surface area contributed by atoms with Gasteiger partial charge in [0.25, 0.3) is 6.01 Å². The van der Waals surface area contributed by atoms with Gasteiger partial charge in [-0.05, 0) is 24.1 Å². The van der Waals surface area contributed by atoms with Gasteiger partial charge in [-0.25, -0.2) is 0 Å². The SMILES string of the molecule is CCCc1nc(C(Nc2nc3ccccc3o2)c2ccccc2)no1. The Balaban J connectivity index is 1.69. The van der Waals surface area contributed by atoms with Crippen molar-refractivity contribution in [1.82, 2.24) is 15.1 Å². The molecular formula is C19H18N4O2. The van der Waals surface area contributed by atoms with Crippen LogP contribution in [0.25, 0.3) is 11.1 Å². The van der Waals surface area contributed by atoms with Gasteiger partial charge in [-0.2, -0.15) is 9.97 Å². The molecule has 1 unspecified atom stereocenters. The first-order valence-corrected chi connectivity index (χ1v) is 8.33. The minimum Gasteiger partial charge on any atom is -0.424 e. The highest BCUT2D eigenvalue weighted by Crippen LogP contribution is 2.27. The van der Waals surface area contributed by atoms with Crippen LogP contribution in [0.4, 0.5) is 6.01 Å². The van der Waals surface area contributed by atoms with Gasteiger partial charge in [0, 0.05) is 6.42 Å². The fraction of sp³-hybridized carbons (Fsp3) is 0.211. The summed E-state index contributed by atoms with van der Waals surface area (Å²) < 4.78 is 11.1. The van der Waals surface area contributed by atoms with E-state index in [1.165, 1.54) is 0 Å². The molecule has 0 aliphatic heterocycles. The zero-order valence-corrected chi connectivity index (χ0v) is 13.8. The summed E-state index contributed by atoms with van der Waals surface area (Å²) in [6, 6.07) is 17.7. The van der Waals surface area contributed by atoms with Crippen molar-refractivity contribution >= 4 is 17.1 Å². The number of oxazole rings is 1. The molecule has 0 fully saturated rings. The fourth-order valence-electron chi connectivity index (χ4n) is 2.70. The molecular weight excluding hydrogens is 316 g/mol. The zero-order valence-electron chi connectivity index (χ0n) is 13.8. The van der Waals surface area contributed by atoms with Crippen molar-refractivity contribution in [2.24, 2.45) is 0 Å². The molecule has 6 nitrogen and oxygen atoms in total. The van der Waals surface area contributed by atoms with Gasteiger partial charge in [0.15, 0.2) is 11.4 Å². The number of benzene rings is 2. The summed E-state index contributed by atoms with van der Waals surface area (Å²) >= 11 is 0. The van der Waals surface area contributed by atoms with Crippen LogP contribution >= 0.6 is 0 Å². The molecule has 0 amide bonds. The summed E-state index contributed by atoms with van der Waals surface area (Å²) in [4.78, 5) is 9.00. The Morgan fingerprint density at radius 2 is 1.80 bits per heavy atom. The molecule has 0 bridgehead atoms. The van der Waals surface area contributed by atoms with Crippen LogP contribution in [-0.4, -0.2) is 15.1 Å². The predicted octanol–water partition coefficient (Wildman–Crippen LogP) is 4.36. The van der Waals surface area contributed by atoms with Gasteiger partial charge in [0.05, 0.1) is 0 Å². The summed E-state index contributed by atoms with van der Waals surface area (Å²) in [6.07, 6.45) is 1.72. The number of hydrogen-bond donors (Lipinski definition) is 1. The Labute approximate surface area is 144 Å². The maximum Gasteiger partial charge on any atom is 0.296 e. The second-order valence-corrected chi connectivity index (χ2v) is 5.77. The lowest BCUT2D eigenvalue weighted by Crippen LogP contribution is -2.14. The third kappa shape index (κ3) is 3.24. The summed E-state index contributed by atoms with van der Waals surface area (Å²) in [5, 5.41) is 7.44. The van der Waals surface area contributed by atoms with Crippen molar-refractivity contribution in [3.8, 4) is 0 Å². The topological polar surface area (TPSA) is 77.0 Å². The summed E-state index contributed by atoms with van der Waals surface area (Å²) in [6.45, 7) is 2.08. The van der Waals surface area contributed by atoms with Crippen LogP contribution in [0.3, 0.4) is 0 Å². The second kappa shape index (κ2) is 6.76. The van der Waals surface area contributed by atoms with Gasteiger partial charge in [0.2, 0.25) is 5.89 Å². The largest absolute Gasteiger partial charge is 0.424 e. The molecule has 1 atom stereocenters. The number of nitrogens with zero attached hydrogens (tertiary/aromatic N) is 3. The van der Waals surface area contributed by atoms with Crippen LogP contribution in [-0.2, 0) is 6.42 Å². The molecule has 0 radical (unpaired) electrons. The molecule has 0 saturated carbocycles. The van der Waals surface area contributed by atoms with E-state index in [2.05, 4.69) is 27.4 Å². The fourth-order valence-corrected chi connectivity index (χ4v) is 2.70. The Morgan fingerprint density at radius 1 is 1.00 bits per heavy atom. The highest BCUT2D eigenvalue weighted by Gasteiger charge is 2.22. The Kier molecular flexibility index (Phi) is 4.16.